The minimum absolute atomic E-state index is 0.609. The summed E-state index contributed by atoms with van der Waals surface area (Å²) in [6.45, 7) is 6.98. The van der Waals surface area contributed by atoms with Crippen LogP contribution in [0.4, 0.5) is 0 Å². The van der Waals surface area contributed by atoms with E-state index in [0.29, 0.717) is 19.6 Å². The van der Waals surface area contributed by atoms with E-state index >= 15 is 0 Å². The molecule has 0 spiro atoms. The molecule has 12 heavy (non-hydrogen) atoms. The van der Waals surface area contributed by atoms with Gasteiger partial charge in [-0.3, -0.25) is 0 Å². The fraction of sp³-hybridized carbons (Fsp3) is 1.00. The molecular formula is C7H16Cl2O2Si. The van der Waals surface area contributed by atoms with E-state index in [1.54, 1.807) is 0 Å². The number of rotatable bonds is 6. The average molecular weight is 231 g/mol. The molecule has 0 N–H and O–H groups in total. The summed E-state index contributed by atoms with van der Waals surface area (Å²) in [5.41, 5.74) is 0. The van der Waals surface area contributed by atoms with Crippen LogP contribution in [0.5, 0.6) is 0 Å². The highest BCUT2D eigenvalue weighted by Crippen LogP contribution is 2.29. The van der Waals surface area contributed by atoms with Crippen molar-refractivity contribution >= 4 is 32.5 Å². The third-order valence-electron chi connectivity index (χ3n) is 1.45. The van der Waals surface area contributed by atoms with Gasteiger partial charge in [0.2, 0.25) is 0 Å². The van der Waals surface area contributed by atoms with Crippen molar-refractivity contribution in [1.29, 1.82) is 0 Å². The lowest BCUT2D eigenvalue weighted by Gasteiger charge is -2.25. The molecule has 0 saturated heterocycles. The van der Waals surface area contributed by atoms with Crippen molar-refractivity contribution < 1.29 is 8.85 Å². The van der Waals surface area contributed by atoms with Crippen LogP contribution in [0.15, 0.2) is 0 Å². The van der Waals surface area contributed by atoms with Crippen molar-refractivity contribution in [2.24, 2.45) is 0 Å². The maximum Gasteiger partial charge on any atom is 0.358 e. The van der Waals surface area contributed by atoms with E-state index in [1.165, 1.54) is 0 Å². The van der Waals surface area contributed by atoms with Crippen molar-refractivity contribution in [3.63, 3.8) is 0 Å². The predicted octanol–water partition coefficient (Wildman–Crippen LogP) is 2.40. The molecule has 74 valence electrons. The Morgan fingerprint density at radius 1 is 1.08 bits per heavy atom. The van der Waals surface area contributed by atoms with E-state index in [9.17, 15) is 0 Å². The van der Waals surface area contributed by atoms with Crippen molar-refractivity contribution in [3.8, 4) is 0 Å². The average Bonchev–Trinajstić information content (AvgIpc) is 2.04. The zero-order chi connectivity index (χ0) is 9.61. The highest BCUT2D eigenvalue weighted by Gasteiger charge is 2.37. The molecule has 0 aromatic heterocycles. The molecule has 0 rings (SSSR count). The molecule has 0 bridgehead atoms. The monoisotopic (exact) mass is 230 g/mol. The topological polar surface area (TPSA) is 18.5 Å². The second-order valence-electron chi connectivity index (χ2n) is 2.36. The molecule has 0 aromatic carbocycles. The number of halogens is 2. The lowest BCUT2D eigenvalue weighted by molar-refractivity contribution is 0.207. The first-order chi connectivity index (χ1) is 5.58. The first-order valence-corrected chi connectivity index (χ1v) is 6.47. The summed E-state index contributed by atoms with van der Waals surface area (Å²) in [7, 11) is -1.91. The smallest absolute Gasteiger partial charge is 0.358 e. The Balaban J connectivity index is 4.07. The molecule has 2 nitrogen and oxygen atoms in total. The van der Waals surface area contributed by atoms with Crippen LogP contribution in [0.25, 0.3) is 0 Å². The molecule has 0 aliphatic rings. The van der Waals surface area contributed by atoms with Gasteiger partial charge < -0.3 is 8.85 Å². The Morgan fingerprint density at radius 2 is 1.50 bits per heavy atom. The van der Waals surface area contributed by atoms with Crippen molar-refractivity contribution in [2.45, 2.75) is 31.1 Å². The molecule has 0 radical (unpaired) electrons. The molecule has 0 unspecified atom stereocenters. The summed E-state index contributed by atoms with van der Waals surface area (Å²) in [6, 6.07) is 0. The fourth-order valence-electron chi connectivity index (χ4n) is 0.761. The number of alkyl halides is 2. The minimum Gasteiger partial charge on any atom is -0.395 e. The molecule has 0 amide bonds. The molecular weight excluding hydrogens is 215 g/mol. The van der Waals surface area contributed by atoms with Gasteiger partial charge in [0.15, 0.2) is 3.96 Å². The quantitative estimate of drug-likeness (QED) is 0.516. The van der Waals surface area contributed by atoms with Crippen LogP contribution < -0.4 is 0 Å². The predicted molar refractivity (Wildman–Crippen MR) is 55.1 cm³/mol. The van der Waals surface area contributed by atoms with Gasteiger partial charge in [0.25, 0.3) is 0 Å². The van der Waals surface area contributed by atoms with E-state index in [2.05, 4.69) is 0 Å². The Bertz CT molecular complexity index is 116. The molecule has 0 aliphatic carbocycles. The first-order valence-electron chi connectivity index (χ1n) is 4.19. The van der Waals surface area contributed by atoms with Crippen molar-refractivity contribution in [1.82, 2.24) is 0 Å². The van der Waals surface area contributed by atoms with Gasteiger partial charge in [0.1, 0.15) is 0 Å². The van der Waals surface area contributed by atoms with Crippen LogP contribution in [-0.4, -0.2) is 26.5 Å². The first kappa shape index (κ1) is 12.7. The Hall–Kier alpha value is 0.717. The van der Waals surface area contributed by atoms with Crippen LogP contribution in [0.2, 0.25) is 0 Å². The molecule has 0 atom stereocenters. The van der Waals surface area contributed by atoms with Gasteiger partial charge in [-0.25, -0.2) is 0 Å². The summed E-state index contributed by atoms with van der Waals surface area (Å²) < 4.78 is 9.98. The highest BCUT2D eigenvalue weighted by atomic mass is 35.5. The normalized spacial score (nSPS) is 12.5. The van der Waals surface area contributed by atoms with Crippen LogP contribution in [0.3, 0.4) is 0 Å². The van der Waals surface area contributed by atoms with Crippen molar-refractivity contribution in [2.75, 3.05) is 13.2 Å². The second-order valence-corrected chi connectivity index (χ2v) is 6.95. The van der Waals surface area contributed by atoms with Gasteiger partial charge in [0.05, 0.1) is 0 Å². The Morgan fingerprint density at radius 3 is 1.75 bits per heavy atom. The maximum atomic E-state index is 6.02. The summed E-state index contributed by atoms with van der Waals surface area (Å²) in [6.07, 6.45) is 0.660. The molecule has 0 fully saturated rings. The van der Waals surface area contributed by atoms with Gasteiger partial charge in [-0.05, 0) is 20.3 Å². The van der Waals surface area contributed by atoms with Crippen LogP contribution >= 0.6 is 23.2 Å². The molecule has 0 aliphatic heterocycles. The van der Waals surface area contributed by atoms with E-state index in [0.717, 1.165) is 0 Å². The van der Waals surface area contributed by atoms with Crippen LogP contribution in [0, 0.1) is 0 Å². The fourth-order valence-corrected chi connectivity index (χ4v) is 3.04. The lowest BCUT2D eigenvalue weighted by Crippen LogP contribution is -2.41. The summed E-state index contributed by atoms with van der Waals surface area (Å²) in [5, 5.41) is 0. The third kappa shape index (κ3) is 4.10. The van der Waals surface area contributed by atoms with E-state index in [4.69, 9.17) is 32.1 Å². The van der Waals surface area contributed by atoms with Crippen molar-refractivity contribution in [3.05, 3.63) is 0 Å². The second kappa shape index (κ2) is 6.21. The molecule has 0 saturated carbocycles. The standard InChI is InChI=1S/C7H16Cl2O2Si/c1-4-7(8,9)12(10-5-2)11-6-3/h12H,4-6H2,1-3H3. The van der Waals surface area contributed by atoms with Gasteiger partial charge in [0, 0.05) is 13.2 Å². The van der Waals surface area contributed by atoms with Crippen LogP contribution in [-0.2, 0) is 8.85 Å². The van der Waals surface area contributed by atoms with E-state index in [-0.39, 0.29) is 0 Å². The van der Waals surface area contributed by atoms with Gasteiger partial charge >= 0.3 is 9.28 Å². The summed E-state index contributed by atoms with van der Waals surface area (Å²) >= 11 is 12.0. The van der Waals surface area contributed by atoms with E-state index < -0.39 is 13.2 Å². The third-order valence-corrected chi connectivity index (χ3v) is 5.43. The lowest BCUT2D eigenvalue weighted by atomic mass is 10.6. The largest absolute Gasteiger partial charge is 0.395 e. The zero-order valence-electron chi connectivity index (χ0n) is 7.77. The van der Waals surface area contributed by atoms with E-state index in [1.807, 2.05) is 20.8 Å². The number of hydrogen-bond donors (Lipinski definition) is 0. The molecule has 5 heteroatoms. The maximum absolute atomic E-state index is 6.02. The summed E-state index contributed by atoms with van der Waals surface area (Å²) in [5.74, 6) is 0. The molecule has 0 heterocycles. The minimum atomic E-state index is -1.91. The Labute approximate surface area is 86.0 Å². The van der Waals surface area contributed by atoms with Gasteiger partial charge in [-0.2, -0.15) is 0 Å². The van der Waals surface area contributed by atoms with Gasteiger partial charge in [-0.15, -0.1) is 23.2 Å². The van der Waals surface area contributed by atoms with Crippen LogP contribution in [0.1, 0.15) is 27.2 Å². The highest BCUT2D eigenvalue weighted by molar-refractivity contribution is 6.76. The number of hydrogen-bond acceptors (Lipinski definition) is 2. The zero-order valence-corrected chi connectivity index (χ0v) is 10.4. The summed E-state index contributed by atoms with van der Waals surface area (Å²) in [4.78, 5) is 0. The molecule has 0 aromatic rings. The Kier molecular flexibility index (Phi) is 6.58. The van der Waals surface area contributed by atoms with Gasteiger partial charge in [-0.1, -0.05) is 6.92 Å². The SMILES string of the molecule is CCO[SiH](OCC)C(Cl)(Cl)CC.